The quantitative estimate of drug-likeness (QED) is 0.822. The first-order valence-electron chi connectivity index (χ1n) is 6.31. The number of anilines is 2. The van der Waals surface area contributed by atoms with Crippen LogP contribution in [0.1, 0.15) is 35.4 Å². The van der Waals surface area contributed by atoms with Crippen molar-refractivity contribution in [2.24, 2.45) is 0 Å². The average molecular weight is 318 g/mol. The zero-order chi connectivity index (χ0) is 14.9. The molecule has 1 aromatic rings. The van der Waals surface area contributed by atoms with Gasteiger partial charge in [-0.05, 0) is 12.8 Å². The first-order chi connectivity index (χ1) is 9.34. The molecule has 0 unspecified atom stereocenters. The van der Waals surface area contributed by atoms with Crippen molar-refractivity contribution in [2.75, 3.05) is 24.4 Å². The van der Waals surface area contributed by atoms with Gasteiger partial charge < -0.3 is 15.8 Å². The van der Waals surface area contributed by atoms with E-state index in [0.717, 1.165) is 43.3 Å². The van der Waals surface area contributed by atoms with E-state index < -0.39 is 15.8 Å². The monoisotopic (exact) mass is 318 g/mol. The number of ether oxygens (including phenoxy) is 1. The fourth-order valence-electron chi connectivity index (χ4n) is 2.39. The van der Waals surface area contributed by atoms with E-state index in [0.29, 0.717) is 5.00 Å². The van der Waals surface area contributed by atoms with E-state index in [4.69, 9.17) is 5.73 Å². The van der Waals surface area contributed by atoms with E-state index in [9.17, 15) is 13.2 Å². The van der Waals surface area contributed by atoms with Crippen LogP contribution in [0.3, 0.4) is 0 Å². The highest BCUT2D eigenvalue weighted by Crippen LogP contribution is 2.40. The summed E-state index contributed by atoms with van der Waals surface area (Å²) < 4.78 is 28.5. The highest BCUT2D eigenvalue weighted by atomic mass is 32.2. The van der Waals surface area contributed by atoms with Crippen molar-refractivity contribution in [1.82, 2.24) is 0 Å². The lowest BCUT2D eigenvalue weighted by molar-refractivity contribution is 0.0607. The van der Waals surface area contributed by atoms with Gasteiger partial charge in [0.2, 0.25) is 0 Å². The van der Waals surface area contributed by atoms with Gasteiger partial charge in [-0.3, -0.25) is 0 Å². The molecular formula is C12H18N2O4S2. The fraction of sp³-hybridized carbons (Fsp3) is 0.583. The number of thiophene rings is 1. The molecule has 0 radical (unpaired) electrons. The maximum Gasteiger partial charge on any atom is 0.350 e. The lowest BCUT2D eigenvalue weighted by Gasteiger charge is -2.12. The van der Waals surface area contributed by atoms with Gasteiger partial charge in [-0.15, -0.1) is 11.3 Å². The largest absolute Gasteiger partial charge is 0.465 e. The number of rotatable bonds is 4. The topological polar surface area (TPSA) is 98.5 Å². The van der Waals surface area contributed by atoms with E-state index in [1.54, 1.807) is 0 Å². The summed E-state index contributed by atoms with van der Waals surface area (Å²) >= 11 is 1.04. The lowest BCUT2D eigenvalue weighted by Crippen LogP contribution is -2.15. The van der Waals surface area contributed by atoms with Crippen LogP contribution >= 0.6 is 11.3 Å². The minimum atomic E-state index is -3.51. The highest BCUT2D eigenvalue weighted by Gasteiger charge is 2.29. The standard InChI is InChI=1S/C12H18N2O4S2/c1-18-12(15)9-8(13)10(20(2,16)17)11(19-9)14-7-5-3-4-6-7/h7,14H,3-6,13H2,1-2H3. The molecule has 2 rings (SSSR count). The van der Waals surface area contributed by atoms with E-state index in [-0.39, 0.29) is 21.5 Å². The number of hydrogen-bond donors (Lipinski definition) is 2. The molecule has 3 N–H and O–H groups in total. The third-order valence-electron chi connectivity index (χ3n) is 3.33. The Hall–Kier alpha value is -1.28. The normalized spacial score (nSPS) is 16.3. The molecule has 1 aliphatic carbocycles. The molecule has 0 saturated heterocycles. The van der Waals surface area contributed by atoms with Gasteiger partial charge in [0.15, 0.2) is 9.84 Å². The van der Waals surface area contributed by atoms with Gasteiger partial charge in [0, 0.05) is 12.3 Å². The molecule has 1 fully saturated rings. The summed E-state index contributed by atoms with van der Waals surface area (Å²) in [7, 11) is -2.27. The summed E-state index contributed by atoms with van der Waals surface area (Å²) in [6.07, 6.45) is 5.32. The fourth-order valence-corrected chi connectivity index (χ4v) is 4.94. The number of esters is 1. The molecule has 112 valence electrons. The minimum Gasteiger partial charge on any atom is -0.465 e. The van der Waals surface area contributed by atoms with Crippen LogP contribution in [0.5, 0.6) is 0 Å². The van der Waals surface area contributed by atoms with Gasteiger partial charge >= 0.3 is 5.97 Å². The van der Waals surface area contributed by atoms with E-state index >= 15 is 0 Å². The average Bonchev–Trinajstić information content (AvgIpc) is 2.96. The predicted octanol–water partition coefficient (Wildman–Crippen LogP) is 1.87. The number of carbonyl (C=O) groups excluding carboxylic acids is 1. The van der Waals surface area contributed by atoms with Gasteiger partial charge in [0.1, 0.15) is 14.8 Å². The molecule has 0 spiro atoms. The van der Waals surface area contributed by atoms with Crippen LogP contribution in [0.15, 0.2) is 4.90 Å². The van der Waals surface area contributed by atoms with Crippen LogP contribution < -0.4 is 11.1 Å². The molecule has 20 heavy (non-hydrogen) atoms. The van der Waals surface area contributed by atoms with Gasteiger partial charge in [0.05, 0.1) is 12.8 Å². The van der Waals surface area contributed by atoms with Crippen LogP contribution in [0.2, 0.25) is 0 Å². The number of sulfone groups is 1. The summed E-state index contributed by atoms with van der Waals surface area (Å²) in [4.78, 5) is 11.8. The van der Waals surface area contributed by atoms with E-state index in [1.165, 1.54) is 7.11 Å². The number of nitrogens with one attached hydrogen (secondary N) is 1. The molecule has 0 bridgehead atoms. The van der Waals surface area contributed by atoms with Crippen molar-refractivity contribution in [3.63, 3.8) is 0 Å². The maximum atomic E-state index is 11.9. The van der Waals surface area contributed by atoms with Gasteiger partial charge in [-0.2, -0.15) is 0 Å². The van der Waals surface area contributed by atoms with Crippen LogP contribution in [-0.2, 0) is 14.6 Å². The third kappa shape index (κ3) is 2.90. The third-order valence-corrected chi connectivity index (χ3v) is 5.74. The molecule has 1 heterocycles. The van der Waals surface area contributed by atoms with Gasteiger partial charge in [-0.1, -0.05) is 12.8 Å². The van der Waals surface area contributed by atoms with Crippen LogP contribution in [0.4, 0.5) is 10.7 Å². The van der Waals surface area contributed by atoms with Crippen molar-refractivity contribution in [1.29, 1.82) is 0 Å². The van der Waals surface area contributed by atoms with Gasteiger partial charge in [0.25, 0.3) is 0 Å². The molecular weight excluding hydrogens is 300 g/mol. The zero-order valence-electron chi connectivity index (χ0n) is 11.4. The van der Waals surface area contributed by atoms with E-state index in [1.807, 2.05) is 0 Å². The zero-order valence-corrected chi connectivity index (χ0v) is 13.1. The van der Waals surface area contributed by atoms with Crippen molar-refractivity contribution in [3.05, 3.63) is 4.88 Å². The Morgan fingerprint density at radius 2 is 2.00 bits per heavy atom. The SMILES string of the molecule is COC(=O)c1sc(NC2CCCC2)c(S(C)(=O)=O)c1N. The Bertz CT molecular complexity index is 616. The maximum absolute atomic E-state index is 11.9. The molecule has 1 aromatic heterocycles. The smallest absolute Gasteiger partial charge is 0.350 e. The molecule has 8 heteroatoms. The van der Waals surface area contributed by atoms with Crippen molar-refractivity contribution >= 4 is 37.8 Å². The summed E-state index contributed by atoms with van der Waals surface area (Å²) in [6.45, 7) is 0. The minimum absolute atomic E-state index is 0.00907. The van der Waals surface area contributed by atoms with Crippen molar-refractivity contribution in [2.45, 2.75) is 36.6 Å². The molecule has 1 saturated carbocycles. The Kier molecular flexibility index (Phi) is 4.24. The first-order valence-corrected chi connectivity index (χ1v) is 9.02. The summed E-state index contributed by atoms with van der Waals surface area (Å²) in [5, 5.41) is 3.65. The number of methoxy groups -OCH3 is 1. The second kappa shape index (κ2) is 5.61. The number of nitrogen functional groups attached to an aromatic ring is 1. The lowest BCUT2D eigenvalue weighted by atomic mass is 10.2. The van der Waals surface area contributed by atoms with E-state index in [2.05, 4.69) is 10.1 Å². The summed E-state index contributed by atoms with van der Waals surface area (Å²) in [5.41, 5.74) is 5.81. The molecule has 0 atom stereocenters. The molecule has 1 aliphatic rings. The Labute approximate surface area is 122 Å². The molecule has 0 amide bonds. The molecule has 0 aromatic carbocycles. The first kappa shape index (κ1) is 15.1. The second-order valence-corrected chi connectivity index (χ2v) is 7.87. The molecule has 0 aliphatic heterocycles. The van der Waals surface area contributed by atoms with Crippen molar-refractivity contribution in [3.8, 4) is 0 Å². The second-order valence-electron chi connectivity index (χ2n) is 4.89. The highest BCUT2D eigenvalue weighted by molar-refractivity contribution is 7.91. The number of nitrogens with two attached hydrogens (primary N) is 1. The van der Waals surface area contributed by atoms with Crippen LogP contribution in [-0.4, -0.2) is 33.8 Å². The number of hydrogen-bond acceptors (Lipinski definition) is 7. The summed E-state index contributed by atoms with van der Waals surface area (Å²) in [6, 6.07) is 0.235. The Morgan fingerprint density at radius 3 is 2.50 bits per heavy atom. The van der Waals surface area contributed by atoms with Crippen molar-refractivity contribution < 1.29 is 17.9 Å². The Morgan fingerprint density at radius 1 is 1.40 bits per heavy atom. The van der Waals surface area contributed by atoms with Crippen LogP contribution in [0, 0.1) is 0 Å². The van der Waals surface area contributed by atoms with Crippen LogP contribution in [0.25, 0.3) is 0 Å². The predicted molar refractivity (Wildman–Crippen MR) is 79.1 cm³/mol. The Balaban J connectivity index is 2.45. The molecule has 6 nitrogen and oxygen atoms in total. The summed E-state index contributed by atoms with van der Waals surface area (Å²) in [5.74, 6) is -0.614. The van der Waals surface area contributed by atoms with Gasteiger partial charge in [-0.25, -0.2) is 13.2 Å². The number of carbonyl (C=O) groups is 1.